The van der Waals surface area contributed by atoms with Gasteiger partial charge in [-0.25, -0.2) is 4.98 Å². The number of fused-ring (bicyclic) bond motifs is 1. The molecule has 0 saturated carbocycles. The van der Waals surface area contributed by atoms with Gasteiger partial charge in [-0.05, 0) is 18.1 Å². The molecule has 32 heavy (non-hydrogen) atoms. The van der Waals surface area contributed by atoms with Crippen LogP contribution in [0.25, 0.3) is 16.8 Å². The monoisotopic (exact) mass is 459 g/mol. The van der Waals surface area contributed by atoms with E-state index in [1.165, 1.54) is 18.6 Å². The molecule has 0 aliphatic carbocycles. The number of nitrogens with zero attached hydrogens (tertiary/aromatic N) is 4. The van der Waals surface area contributed by atoms with E-state index in [4.69, 9.17) is 11.6 Å². The molecule has 6 nitrogen and oxygen atoms in total. The number of aromatic amines is 1. The van der Waals surface area contributed by atoms with Crippen molar-refractivity contribution in [1.82, 2.24) is 24.5 Å². The fourth-order valence-electron chi connectivity index (χ4n) is 4.12. The van der Waals surface area contributed by atoms with Gasteiger partial charge < -0.3 is 4.90 Å². The number of hydrogen-bond donors (Lipinski definition) is 1. The first kappa shape index (κ1) is 20.6. The van der Waals surface area contributed by atoms with E-state index in [0.717, 1.165) is 22.5 Å². The molecule has 1 atom stereocenters. The van der Waals surface area contributed by atoms with Crippen LogP contribution in [0.4, 0.5) is 13.2 Å². The van der Waals surface area contributed by atoms with Gasteiger partial charge in [0.1, 0.15) is 5.15 Å². The Morgan fingerprint density at radius 2 is 1.97 bits per heavy atom. The van der Waals surface area contributed by atoms with Crippen molar-refractivity contribution in [2.75, 3.05) is 13.1 Å². The van der Waals surface area contributed by atoms with Crippen LogP contribution >= 0.6 is 11.6 Å². The lowest BCUT2D eigenvalue weighted by molar-refractivity contribution is -0.136. The molecule has 10 heteroatoms. The lowest BCUT2D eigenvalue weighted by atomic mass is 9.99. The van der Waals surface area contributed by atoms with Crippen molar-refractivity contribution in [2.45, 2.75) is 18.5 Å². The second-order valence-electron chi connectivity index (χ2n) is 7.72. The second-order valence-corrected chi connectivity index (χ2v) is 8.08. The standard InChI is InChI=1S/C22H17ClF3N5O/c23-19-18(21(32)30-7-6-14(11-30)13-4-2-1-3-5-13)29-20-17(22(24,25)26)8-15(12-31(19)20)16-9-27-28-10-16/h1-5,8-10,12,14H,6-7,11H2,(H,27,28)/t14-/m0/s1. The van der Waals surface area contributed by atoms with Crippen LogP contribution in [-0.4, -0.2) is 43.5 Å². The van der Waals surface area contributed by atoms with E-state index in [-0.39, 0.29) is 22.3 Å². The minimum absolute atomic E-state index is 0.149. The predicted molar refractivity (Wildman–Crippen MR) is 112 cm³/mol. The van der Waals surface area contributed by atoms with Gasteiger partial charge in [0.2, 0.25) is 0 Å². The number of hydrogen-bond acceptors (Lipinski definition) is 3. The molecule has 4 heterocycles. The van der Waals surface area contributed by atoms with Crippen LogP contribution in [0.2, 0.25) is 5.15 Å². The number of rotatable bonds is 3. The molecule has 1 aliphatic heterocycles. The number of imidazole rings is 1. The van der Waals surface area contributed by atoms with Crippen molar-refractivity contribution in [1.29, 1.82) is 0 Å². The number of carbonyl (C=O) groups excluding carboxylic acids is 1. The highest BCUT2D eigenvalue weighted by Gasteiger charge is 2.37. The summed E-state index contributed by atoms with van der Waals surface area (Å²) in [6.07, 6.45) is 0.401. The van der Waals surface area contributed by atoms with E-state index < -0.39 is 23.3 Å². The lowest BCUT2D eigenvalue weighted by Crippen LogP contribution is -2.29. The van der Waals surface area contributed by atoms with E-state index >= 15 is 0 Å². The first-order valence-electron chi connectivity index (χ1n) is 9.95. The minimum atomic E-state index is -4.68. The number of carbonyl (C=O) groups is 1. The molecule has 1 fully saturated rings. The molecule has 0 radical (unpaired) electrons. The van der Waals surface area contributed by atoms with Crippen molar-refractivity contribution >= 4 is 23.2 Å². The molecule has 0 bridgehead atoms. The number of aromatic nitrogens is 4. The van der Waals surface area contributed by atoms with E-state index in [2.05, 4.69) is 15.2 Å². The topological polar surface area (TPSA) is 66.3 Å². The molecule has 1 N–H and O–H groups in total. The average molecular weight is 460 g/mol. The summed E-state index contributed by atoms with van der Waals surface area (Å²) >= 11 is 6.40. The fourth-order valence-corrected chi connectivity index (χ4v) is 4.37. The van der Waals surface area contributed by atoms with Crippen LogP contribution in [0.15, 0.2) is 55.0 Å². The van der Waals surface area contributed by atoms with Gasteiger partial charge in [0.05, 0.1) is 11.8 Å². The Labute approximate surface area is 185 Å². The number of halogens is 4. The minimum Gasteiger partial charge on any atom is -0.337 e. The molecule has 1 aliphatic rings. The molecule has 0 unspecified atom stereocenters. The third-order valence-electron chi connectivity index (χ3n) is 5.75. The van der Waals surface area contributed by atoms with Gasteiger partial charge in [0, 0.05) is 42.5 Å². The Morgan fingerprint density at radius 1 is 1.19 bits per heavy atom. The van der Waals surface area contributed by atoms with Gasteiger partial charge in [-0.3, -0.25) is 14.3 Å². The van der Waals surface area contributed by atoms with Gasteiger partial charge in [0.25, 0.3) is 5.91 Å². The van der Waals surface area contributed by atoms with Gasteiger partial charge >= 0.3 is 6.18 Å². The summed E-state index contributed by atoms with van der Waals surface area (Å²) in [6, 6.07) is 10.8. The molecule has 4 aromatic rings. The largest absolute Gasteiger partial charge is 0.420 e. The zero-order valence-corrected chi connectivity index (χ0v) is 17.4. The summed E-state index contributed by atoms with van der Waals surface area (Å²) in [7, 11) is 0. The molecule has 0 spiro atoms. The number of H-pyrrole nitrogens is 1. The molecular weight excluding hydrogens is 443 g/mol. The number of pyridine rings is 1. The normalized spacial score (nSPS) is 16.8. The van der Waals surface area contributed by atoms with E-state index in [1.54, 1.807) is 4.90 Å². The van der Waals surface area contributed by atoms with Crippen LogP contribution in [0.5, 0.6) is 0 Å². The van der Waals surface area contributed by atoms with Crippen molar-refractivity contribution in [3.05, 3.63) is 77.0 Å². The zero-order valence-electron chi connectivity index (χ0n) is 16.6. The third-order valence-corrected chi connectivity index (χ3v) is 6.11. The highest BCUT2D eigenvalue weighted by molar-refractivity contribution is 6.33. The molecule has 3 aromatic heterocycles. The van der Waals surface area contributed by atoms with Crippen molar-refractivity contribution in [3.63, 3.8) is 0 Å². The molecular formula is C22H17ClF3N5O. The van der Waals surface area contributed by atoms with Crippen molar-refractivity contribution in [3.8, 4) is 11.1 Å². The van der Waals surface area contributed by atoms with E-state index in [9.17, 15) is 18.0 Å². The maximum absolute atomic E-state index is 13.8. The molecule has 5 rings (SSSR count). The number of benzene rings is 1. The number of amides is 1. The smallest absolute Gasteiger partial charge is 0.337 e. The highest BCUT2D eigenvalue weighted by atomic mass is 35.5. The van der Waals surface area contributed by atoms with E-state index in [0.29, 0.717) is 18.7 Å². The van der Waals surface area contributed by atoms with Crippen LogP contribution in [0, 0.1) is 0 Å². The summed E-state index contributed by atoms with van der Waals surface area (Å²) in [5.41, 5.74) is 0.267. The van der Waals surface area contributed by atoms with Gasteiger partial charge in [-0.1, -0.05) is 41.9 Å². The second kappa shape index (κ2) is 7.67. The summed E-state index contributed by atoms with van der Waals surface area (Å²) in [6.45, 7) is 0.939. The summed E-state index contributed by atoms with van der Waals surface area (Å²) in [4.78, 5) is 18.8. The summed E-state index contributed by atoms with van der Waals surface area (Å²) in [5, 5.41) is 6.21. The Bertz CT molecular complexity index is 1280. The Balaban J connectivity index is 1.54. The number of likely N-dealkylation sites (tertiary alicyclic amines) is 1. The van der Waals surface area contributed by atoms with Crippen LogP contribution < -0.4 is 0 Å². The first-order chi connectivity index (χ1) is 15.3. The Kier molecular flexibility index (Phi) is 4.93. The lowest BCUT2D eigenvalue weighted by Gasteiger charge is -2.15. The molecule has 1 saturated heterocycles. The maximum atomic E-state index is 13.8. The Morgan fingerprint density at radius 3 is 2.66 bits per heavy atom. The predicted octanol–water partition coefficient (Wildman–Crippen LogP) is 5.03. The SMILES string of the molecule is O=C(c1nc2c(C(F)(F)F)cc(-c3cn[nH]c3)cn2c1Cl)N1CC[C@H](c2ccccc2)C1. The highest BCUT2D eigenvalue weighted by Crippen LogP contribution is 2.37. The fraction of sp³-hybridized carbons (Fsp3) is 0.227. The maximum Gasteiger partial charge on any atom is 0.420 e. The third kappa shape index (κ3) is 3.52. The molecule has 164 valence electrons. The summed E-state index contributed by atoms with van der Waals surface area (Å²) < 4.78 is 42.5. The van der Waals surface area contributed by atoms with Crippen LogP contribution in [0.1, 0.15) is 34.0 Å². The Hall–Kier alpha value is -3.33. The van der Waals surface area contributed by atoms with Gasteiger partial charge in [-0.15, -0.1) is 0 Å². The molecule has 1 aromatic carbocycles. The average Bonchev–Trinajstić information content (AvgIpc) is 3.53. The van der Waals surface area contributed by atoms with Crippen molar-refractivity contribution < 1.29 is 18.0 Å². The van der Waals surface area contributed by atoms with Crippen LogP contribution in [0.3, 0.4) is 0 Å². The number of nitrogens with one attached hydrogen (secondary N) is 1. The van der Waals surface area contributed by atoms with Crippen molar-refractivity contribution in [2.24, 2.45) is 0 Å². The zero-order chi connectivity index (χ0) is 22.5. The summed E-state index contributed by atoms with van der Waals surface area (Å²) in [5.74, 6) is -0.315. The van der Waals surface area contributed by atoms with Crippen LogP contribution in [-0.2, 0) is 6.18 Å². The van der Waals surface area contributed by atoms with Gasteiger partial charge in [-0.2, -0.15) is 18.3 Å². The molecule has 1 amide bonds. The van der Waals surface area contributed by atoms with E-state index in [1.807, 2.05) is 30.3 Å². The quantitative estimate of drug-likeness (QED) is 0.467. The van der Waals surface area contributed by atoms with Gasteiger partial charge in [0.15, 0.2) is 11.3 Å². The number of alkyl halides is 3. The first-order valence-corrected chi connectivity index (χ1v) is 10.3.